The van der Waals surface area contributed by atoms with Crippen molar-refractivity contribution in [2.45, 2.75) is 18.6 Å². The van der Waals surface area contributed by atoms with Gasteiger partial charge in [-0.2, -0.15) is 0 Å². The van der Waals surface area contributed by atoms with Crippen LogP contribution in [0.15, 0.2) is 66.9 Å². The van der Waals surface area contributed by atoms with Crippen LogP contribution in [0.2, 0.25) is 0 Å². The number of rotatable bonds is 5. The number of nitrogens with zero attached hydrogens (tertiary/aromatic N) is 1. The zero-order chi connectivity index (χ0) is 20.4. The van der Waals surface area contributed by atoms with E-state index in [1.165, 1.54) is 0 Å². The van der Waals surface area contributed by atoms with E-state index in [0.29, 0.717) is 17.1 Å². The highest BCUT2D eigenvalue weighted by molar-refractivity contribution is 7.71. The molecule has 2 heterocycles. The third kappa shape index (κ3) is 3.84. The van der Waals surface area contributed by atoms with Crippen molar-refractivity contribution in [2.75, 3.05) is 0 Å². The first-order valence-electron chi connectivity index (χ1n) is 9.17. The molecule has 0 aliphatic carbocycles. The molecule has 0 amide bonds. The van der Waals surface area contributed by atoms with Gasteiger partial charge >= 0.3 is 0 Å². The maximum atomic E-state index is 12.1. The topological polar surface area (TPSA) is 73.3 Å². The van der Waals surface area contributed by atoms with E-state index in [2.05, 4.69) is 4.98 Å². The van der Waals surface area contributed by atoms with Crippen LogP contribution >= 0.6 is 0 Å². The van der Waals surface area contributed by atoms with Crippen molar-refractivity contribution in [3.8, 4) is 5.75 Å². The van der Waals surface area contributed by atoms with E-state index in [-0.39, 0.29) is 5.75 Å². The first-order valence-corrected chi connectivity index (χ1v) is 10.5. The molecule has 6 heteroatoms. The molecule has 1 atom stereocenters. The third-order valence-corrected chi connectivity index (χ3v) is 5.53. The number of aryl methyl sites for hydroxylation is 1. The maximum absolute atomic E-state index is 12.1. The van der Waals surface area contributed by atoms with Crippen LogP contribution < -0.4 is 4.74 Å². The number of allylic oxidation sites excluding steroid dienone is 1. The first-order chi connectivity index (χ1) is 14.1. The van der Waals surface area contributed by atoms with Gasteiger partial charge in [0.15, 0.2) is 0 Å². The number of ether oxygens (including phenoxy) is 1. The van der Waals surface area contributed by atoms with Crippen LogP contribution in [0, 0.1) is 6.92 Å². The molecule has 3 aromatic rings. The molecular formula is C23H19NO4S. The summed E-state index contributed by atoms with van der Waals surface area (Å²) in [6.07, 6.45) is 2.67. The summed E-state index contributed by atoms with van der Waals surface area (Å²) >= 11 is 0. The summed E-state index contributed by atoms with van der Waals surface area (Å²) in [6, 6.07) is 18.5. The Morgan fingerprint density at radius 2 is 1.72 bits per heavy atom. The van der Waals surface area contributed by atoms with E-state index in [1.807, 2.05) is 55.5 Å². The fraction of sp³-hybridized carbons (Fsp3) is 0.130. The summed E-state index contributed by atoms with van der Waals surface area (Å²) in [6.45, 7) is 1.91. The fourth-order valence-corrected chi connectivity index (χ4v) is 4.01. The lowest BCUT2D eigenvalue weighted by molar-refractivity contribution is -0.108. The average Bonchev–Trinajstić information content (AvgIpc) is 2.73. The molecule has 29 heavy (non-hydrogen) atoms. The molecule has 1 aliphatic rings. The second-order valence-corrected chi connectivity index (χ2v) is 7.85. The zero-order valence-electron chi connectivity index (χ0n) is 15.7. The van der Waals surface area contributed by atoms with Gasteiger partial charge in [0.2, 0.25) is 0 Å². The number of hydrogen-bond donors (Lipinski definition) is 1. The number of fused-ring (bicyclic) bond motifs is 1. The fourth-order valence-electron chi connectivity index (χ4n) is 3.50. The van der Waals surface area contributed by atoms with Crippen molar-refractivity contribution in [3.63, 3.8) is 0 Å². The van der Waals surface area contributed by atoms with E-state index in [4.69, 9.17) is 4.74 Å². The highest BCUT2D eigenvalue weighted by atomic mass is 32.2. The number of aldehydes is 1. The molecule has 1 unspecified atom stereocenters. The summed E-state index contributed by atoms with van der Waals surface area (Å²) in [4.78, 5) is 16.5. The smallest absolute Gasteiger partial charge is 0.144 e. The highest BCUT2D eigenvalue weighted by Gasteiger charge is 2.31. The second-order valence-electron chi connectivity index (χ2n) is 6.87. The molecule has 5 nitrogen and oxygen atoms in total. The van der Waals surface area contributed by atoms with Crippen LogP contribution in [0.1, 0.15) is 33.9 Å². The quantitative estimate of drug-likeness (QED) is 0.517. The molecule has 0 saturated carbocycles. The van der Waals surface area contributed by atoms with Gasteiger partial charge in [0.1, 0.15) is 28.5 Å². The molecule has 1 aromatic heterocycles. The molecule has 0 fully saturated rings. The van der Waals surface area contributed by atoms with Gasteiger partial charge in [-0.15, -0.1) is 0 Å². The Morgan fingerprint density at radius 1 is 1.00 bits per heavy atom. The summed E-state index contributed by atoms with van der Waals surface area (Å²) in [5.74, 6) is 0.708. The third-order valence-electron chi connectivity index (χ3n) is 4.91. The van der Waals surface area contributed by atoms with Gasteiger partial charge < -0.3 is 9.53 Å². The lowest BCUT2D eigenvalue weighted by Gasteiger charge is -2.28. The van der Waals surface area contributed by atoms with Gasteiger partial charge in [0, 0.05) is 34.2 Å². The predicted molar refractivity (Wildman–Crippen MR) is 112 cm³/mol. The molecule has 0 saturated heterocycles. The minimum absolute atomic E-state index is 0.00987. The minimum Gasteiger partial charge on any atom is -0.456 e. The summed E-state index contributed by atoms with van der Waals surface area (Å²) < 4.78 is 28.2. The van der Waals surface area contributed by atoms with Crippen molar-refractivity contribution >= 4 is 28.3 Å². The molecule has 1 aliphatic heterocycles. The van der Waals surface area contributed by atoms with Crippen LogP contribution in [-0.2, 0) is 21.3 Å². The van der Waals surface area contributed by atoms with Crippen LogP contribution in [0.25, 0.3) is 11.3 Å². The Hall–Kier alpha value is -3.25. The lowest BCUT2D eigenvalue weighted by Crippen LogP contribution is -2.16. The molecule has 0 bridgehead atoms. The van der Waals surface area contributed by atoms with Crippen molar-refractivity contribution < 1.29 is 17.9 Å². The average molecular weight is 405 g/mol. The van der Waals surface area contributed by atoms with Crippen molar-refractivity contribution in [1.29, 1.82) is 0 Å². The van der Waals surface area contributed by atoms with Gasteiger partial charge in [0.25, 0.3) is 0 Å². The number of pyridine rings is 1. The predicted octanol–water partition coefficient (Wildman–Crippen LogP) is 3.74. The van der Waals surface area contributed by atoms with Gasteiger partial charge in [0.05, 0.1) is 11.7 Å². The molecule has 0 N–H and O–H groups in total. The number of aromatic nitrogens is 1. The Morgan fingerprint density at radius 3 is 2.38 bits per heavy atom. The largest absolute Gasteiger partial charge is 0.456 e. The van der Waals surface area contributed by atoms with E-state index in [1.54, 1.807) is 18.3 Å². The molecular weight excluding hydrogens is 386 g/mol. The lowest BCUT2D eigenvalue weighted by atomic mass is 9.84. The number of benzene rings is 2. The van der Waals surface area contributed by atoms with Crippen molar-refractivity contribution in [3.05, 3.63) is 94.8 Å². The number of para-hydroxylation sites is 1. The summed E-state index contributed by atoms with van der Waals surface area (Å²) in [7, 11) is -2.49. The molecule has 4 rings (SSSR count). The van der Waals surface area contributed by atoms with Gasteiger partial charge in [-0.1, -0.05) is 48.5 Å². The minimum atomic E-state index is -2.49. The number of carbonyl (C=O) groups excluding carboxylic acids is 1. The van der Waals surface area contributed by atoms with Crippen LogP contribution in [-0.4, -0.2) is 19.7 Å². The zero-order valence-corrected chi connectivity index (χ0v) is 16.6. The monoisotopic (exact) mass is 405 g/mol. The van der Waals surface area contributed by atoms with E-state index in [9.17, 15) is 13.2 Å². The molecule has 0 spiro atoms. The normalized spacial score (nSPS) is 15.7. The number of hydrogen-bond acceptors (Lipinski definition) is 5. The summed E-state index contributed by atoms with van der Waals surface area (Å²) in [5.41, 5.74) is 4.71. The molecule has 0 radical (unpaired) electrons. The van der Waals surface area contributed by atoms with Crippen LogP contribution in [0.4, 0.5) is 0 Å². The van der Waals surface area contributed by atoms with Gasteiger partial charge in [-0.25, -0.2) is 8.42 Å². The number of carbonyl (C=O) groups is 1. The van der Waals surface area contributed by atoms with E-state index in [0.717, 1.165) is 34.2 Å². The van der Waals surface area contributed by atoms with Gasteiger partial charge in [-0.05, 0) is 24.6 Å². The molecule has 146 valence electrons. The van der Waals surface area contributed by atoms with Crippen LogP contribution in [0.5, 0.6) is 5.75 Å². The standard InChI is InChI=1S/C23H19NO4S/c1-15-6-9-18(12-24-15)22-20(13-25)19-4-2-3-5-21(19)28-23(22)17-10-7-16(8-11-17)14-29(26)27/h2-13,20,29H,14H2,1H3. The van der Waals surface area contributed by atoms with Crippen molar-refractivity contribution in [1.82, 2.24) is 4.98 Å². The molecule has 2 aromatic carbocycles. The SMILES string of the molecule is Cc1ccc(C2=C(c3ccc(C[SH](=O)=O)cc3)Oc3ccccc3C2C=O)cn1. The van der Waals surface area contributed by atoms with Crippen LogP contribution in [0.3, 0.4) is 0 Å². The van der Waals surface area contributed by atoms with E-state index >= 15 is 0 Å². The van der Waals surface area contributed by atoms with Gasteiger partial charge in [-0.3, -0.25) is 4.98 Å². The highest BCUT2D eigenvalue weighted by Crippen LogP contribution is 2.45. The maximum Gasteiger partial charge on any atom is 0.144 e. The Balaban J connectivity index is 1.89. The Labute approximate surface area is 170 Å². The Bertz CT molecular complexity index is 1150. The second kappa shape index (κ2) is 8.01. The van der Waals surface area contributed by atoms with Crippen molar-refractivity contribution in [2.24, 2.45) is 0 Å². The Kier molecular flexibility index (Phi) is 5.27. The van der Waals surface area contributed by atoms with E-state index < -0.39 is 16.6 Å². The number of thiol groups is 1. The summed E-state index contributed by atoms with van der Waals surface area (Å²) in [5, 5.41) is 0. The first kappa shape index (κ1) is 19.1.